The van der Waals surface area contributed by atoms with E-state index < -0.39 is 5.97 Å². The minimum absolute atomic E-state index is 0.184. The molecule has 2 heterocycles. The van der Waals surface area contributed by atoms with Crippen molar-refractivity contribution in [3.05, 3.63) is 48.0 Å². The molecule has 0 spiro atoms. The number of nitrogens with zero attached hydrogens (tertiary/aromatic N) is 5. The van der Waals surface area contributed by atoms with E-state index in [2.05, 4.69) is 15.2 Å². The lowest BCUT2D eigenvalue weighted by Crippen LogP contribution is -2.08. The molecule has 0 radical (unpaired) electrons. The van der Waals surface area contributed by atoms with Crippen LogP contribution >= 0.6 is 11.8 Å². The van der Waals surface area contributed by atoms with Gasteiger partial charge < -0.3 is 5.11 Å². The van der Waals surface area contributed by atoms with E-state index in [9.17, 15) is 9.90 Å². The summed E-state index contributed by atoms with van der Waals surface area (Å²) in [6, 6.07) is 6.78. The topological polar surface area (TPSA) is 85.8 Å². The summed E-state index contributed by atoms with van der Waals surface area (Å²) in [7, 11) is 1.82. The van der Waals surface area contributed by atoms with Crippen molar-refractivity contribution >= 4 is 17.7 Å². The first-order valence-corrected chi connectivity index (χ1v) is 8.76. The van der Waals surface area contributed by atoms with Crippen LogP contribution in [0.15, 0.2) is 36.7 Å². The smallest absolute Gasteiger partial charge is 0.337 e. The van der Waals surface area contributed by atoms with Gasteiger partial charge in [0.2, 0.25) is 0 Å². The van der Waals surface area contributed by atoms with Crippen LogP contribution in [0.25, 0.3) is 17.1 Å². The average Bonchev–Trinajstić information content (AvgIpc) is 3.19. The third kappa shape index (κ3) is 3.18. The normalized spacial score (nSPS) is 10.9. The first kappa shape index (κ1) is 16.3. The summed E-state index contributed by atoms with van der Waals surface area (Å²) in [5.74, 6) is 1.18. The van der Waals surface area contributed by atoms with Crippen LogP contribution in [-0.4, -0.2) is 47.6 Å². The van der Waals surface area contributed by atoms with Crippen molar-refractivity contribution in [2.75, 3.05) is 12.0 Å². The molecule has 0 aliphatic rings. The minimum Gasteiger partial charge on any atom is -0.478 e. The summed E-state index contributed by atoms with van der Waals surface area (Å²) in [6.45, 7) is 0. The Morgan fingerprint density at radius 3 is 2.79 bits per heavy atom. The molecule has 0 saturated heterocycles. The Balaban J connectivity index is 2.15. The van der Waals surface area contributed by atoms with Crippen molar-refractivity contribution in [3.63, 3.8) is 0 Å². The fraction of sp³-hybridized carbons (Fsp3) is 0.250. The third-order valence-electron chi connectivity index (χ3n) is 3.51. The highest BCUT2D eigenvalue weighted by atomic mass is 32.2. The van der Waals surface area contributed by atoms with Crippen LogP contribution in [0.5, 0.6) is 0 Å². The van der Waals surface area contributed by atoms with Gasteiger partial charge in [-0.25, -0.2) is 14.5 Å². The van der Waals surface area contributed by atoms with E-state index >= 15 is 0 Å². The molecule has 0 bridgehead atoms. The van der Waals surface area contributed by atoms with Crippen molar-refractivity contribution in [1.82, 2.24) is 24.5 Å². The van der Waals surface area contributed by atoms with Gasteiger partial charge in [0.05, 0.1) is 23.0 Å². The Morgan fingerprint density at radius 2 is 2.12 bits per heavy atom. The Labute approximate surface area is 143 Å². The highest BCUT2D eigenvalue weighted by molar-refractivity contribution is 7.98. The van der Waals surface area contributed by atoms with E-state index in [1.54, 1.807) is 51.6 Å². The van der Waals surface area contributed by atoms with Crippen molar-refractivity contribution in [2.45, 2.75) is 6.42 Å². The van der Waals surface area contributed by atoms with E-state index in [-0.39, 0.29) is 5.56 Å². The van der Waals surface area contributed by atoms with Gasteiger partial charge in [0, 0.05) is 25.4 Å². The summed E-state index contributed by atoms with van der Waals surface area (Å²) >= 11 is 1.72. The maximum Gasteiger partial charge on any atom is 0.337 e. The molecule has 0 aliphatic heterocycles. The second-order valence-corrected chi connectivity index (χ2v) is 6.22. The summed E-state index contributed by atoms with van der Waals surface area (Å²) in [6.07, 6.45) is 6.28. The number of aryl methyl sites for hydroxylation is 2. The Bertz CT molecular complexity index is 871. The number of carboxylic acids is 1. The quantitative estimate of drug-likeness (QED) is 0.739. The van der Waals surface area contributed by atoms with E-state index in [0.29, 0.717) is 17.3 Å². The van der Waals surface area contributed by atoms with Gasteiger partial charge in [-0.15, -0.1) is 0 Å². The lowest BCUT2D eigenvalue weighted by Gasteiger charge is -2.07. The number of hydrogen-bond donors (Lipinski definition) is 1. The van der Waals surface area contributed by atoms with Crippen molar-refractivity contribution in [2.24, 2.45) is 7.05 Å². The fourth-order valence-corrected chi connectivity index (χ4v) is 2.77. The van der Waals surface area contributed by atoms with Crippen molar-refractivity contribution in [3.8, 4) is 17.1 Å². The summed E-state index contributed by atoms with van der Waals surface area (Å²) in [5, 5.41) is 18.2. The molecule has 7 nitrogen and oxygen atoms in total. The van der Waals surface area contributed by atoms with E-state index in [4.69, 9.17) is 0 Å². The molecule has 0 unspecified atom stereocenters. The highest BCUT2D eigenvalue weighted by Gasteiger charge is 2.19. The average molecular weight is 343 g/mol. The number of benzene rings is 1. The van der Waals surface area contributed by atoms with Crippen LogP contribution in [0.2, 0.25) is 0 Å². The number of aromatic nitrogens is 5. The lowest BCUT2D eigenvalue weighted by molar-refractivity contribution is 0.0696. The maximum atomic E-state index is 11.5. The van der Waals surface area contributed by atoms with E-state index in [1.807, 2.05) is 19.5 Å². The fourth-order valence-electron chi connectivity index (χ4n) is 2.38. The molecule has 2 aromatic heterocycles. The van der Waals surface area contributed by atoms with Crippen LogP contribution in [0.3, 0.4) is 0 Å². The molecular formula is C16H17N5O2S. The molecule has 1 N–H and O–H groups in total. The van der Waals surface area contributed by atoms with E-state index in [0.717, 1.165) is 17.7 Å². The van der Waals surface area contributed by atoms with Gasteiger partial charge in [-0.1, -0.05) is 12.1 Å². The maximum absolute atomic E-state index is 11.5. The lowest BCUT2D eigenvalue weighted by atomic mass is 10.2. The zero-order valence-corrected chi connectivity index (χ0v) is 14.2. The van der Waals surface area contributed by atoms with Gasteiger partial charge in [-0.2, -0.15) is 22.0 Å². The molecule has 0 atom stereocenters. The molecule has 0 saturated carbocycles. The molecule has 3 rings (SSSR count). The summed E-state index contributed by atoms with van der Waals surface area (Å²) in [5.41, 5.74) is 1.47. The van der Waals surface area contributed by atoms with Gasteiger partial charge in [0.15, 0.2) is 11.6 Å². The Morgan fingerprint density at radius 1 is 1.33 bits per heavy atom. The van der Waals surface area contributed by atoms with E-state index in [1.165, 1.54) is 0 Å². The Hall–Kier alpha value is -2.61. The molecule has 3 aromatic rings. The Kier molecular flexibility index (Phi) is 4.66. The number of rotatable bonds is 6. The van der Waals surface area contributed by atoms with Crippen LogP contribution in [0.1, 0.15) is 16.2 Å². The predicted molar refractivity (Wildman–Crippen MR) is 92.6 cm³/mol. The van der Waals surface area contributed by atoms with Gasteiger partial charge in [-0.3, -0.25) is 4.68 Å². The van der Waals surface area contributed by atoms with Crippen molar-refractivity contribution in [1.29, 1.82) is 0 Å². The van der Waals surface area contributed by atoms with Crippen LogP contribution in [0.4, 0.5) is 0 Å². The molecule has 124 valence electrons. The summed E-state index contributed by atoms with van der Waals surface area (Å²) < 4.78 is 3.27. The molecule has 0 amide bonds. The second kappa shape index (κ2) is 6.88. The largest absolute Gasteiger partial charge is 0.478 e. The first-order chi connectivity index (χ1) is 11.6. The standard InChI is InChI=1S/C16H17N5O2S/c1-20-10-11(9-17-20)15-18-14(7-8-24-2)19-21(15)13-6-4-3-5-12(13)16(22)23/h3-6,9-10H,7-8H2,1-2H3,(H,22,23). The van der Waals surface area contributed by atoms with Crippen LogP contribution in [-0.2, 0) is 13.5 Å². The predicted octanol–water partition coefficient (Wildman–Crippen LogP) is 2.27. The number of aromatic carboxylic acids is 1. The van der Waals surface area contributed by atoms with Gasteiger partial charge in [0.1, 0.15) is 0 Å². The first-order valence-electron chi connectivity index (χ1n) is 7.36. The number of thioether (sulfide) groups is 1. The van der Waals surface area contributed by atoms with Crippen LogP contribution < -0.4 is 0 Å². The third-order valence-corrected chi connectivity index (χ3v) is 4.12. The second-order valence-electron chi connectivity index (χ2n) is 5.23. The molecule has 24 heavy (non-hydrogen) atoms. The van der Waals surface area contributed by atoms with Gasteiger partial charge in [-0.05, 0) is 18.4 Å². The SMILES string of the molecule is CSCCc1nc(-c2cnn(C)c2)n(-c2ccccc2C(=O)O)n1. The summed E-state index contributed by atoms with van der Waals surface area (Å²) in [4.78, 5) is 16.1. The van der Waals surface area contributed by atoms with Gasteiger partial charge >= 0.3 is 5.97 Å². The van der Waals surface area contributed by atoms with Crippen LogP contribution in [0, 0.1) is 0 Å². The monoisotopic (exact) mass is 343 g/mol. The molecule has 0 fully saturated rings. The van der Waals surface area contributed by atoms with Gasteiger partial charge in [0.25, 0.3) is 0 Å². The highest BCUT2D eigenvalue weighted by Crippen LogP contribution is 2.23. The molecule has 8 heteroatoms. The molecular weight excluding hydrogens is 326 g/mol. The van der Waals surface area contributed by atoms with Crippen molar-refractivity contribution < 1.29 is 9.90 Å². The number of para-hydroxylation sites is 1. The number of hydrogen-bond acceptors (Lipinski definition) is 5. The number of carboxylic acid groups (broad SMARTS) is 1. The molecule has 1 aromatic carbocycles. The minimum atomic E-state index is -0.996. The number of carbonyl (C=O) groups is 1. The zero-order valence-electron chi connectivity index (χ0n) is 13.4. The molecule has 0 aliphatic carbocycles. The zero-order chi connectivity index (χ0) is 17.1.